The van der Waals surface area contributed by atoms with Gasteiger partial charge in [0, 0.05) is 19.3 Å². The quantitative estimate of drug-likeness (QED) is 0.801. The fourth-order valence-electron chi connectivity index (χ4n) is 1.73. The van der Waals surface area contributed by atoms with Crippen LogP contribution in [0.15, 0.2) is 23.3 Å². The molecule has 7 nitrogen and oxygen atoms in total. The average molecular weight is 371 g/mol. The number of carbonyl (C=O) groups excluding carboxylic acids is 1. The normalized spacial score (nSPS) is 16.3. The fourth-order valence-corrected chi connectivity index (χ4v) is 2.37. The van der Waals surface area contributed by atoms with Crippen LogP contribution in [0.4, 0.5) is 13.2 Å². The summed E-state index contributed by atoms with van der Waals surface area (Å²) >= 11 is 5.63. The maximum absolute atomic E-state index is 12.3. The van der Waals surface area contributed by atoms with Gasteiger partial charge in [-0.15, -0.1) is 0 Å². The van der Waals surface area contributed by atoms with Gasteiger partial charge in [-0.25, -0.2) is 4.98 Å². The number of nitrogens with zero attached hydrogens (tertiary/aromatic N) is 3. The van der Waals surface area contributed by atoms with Crippen molar-refractivity contribution < 1.29 is 26.4 Å². The van der Waals surface area contributed by atoms with Gasteiger partial charge >= 0.3 is 15.5 Å². The van der Waals surface area contributed by atoms with E-state index in [2.05, 4.69) is 9.98 Å². The summed E-state index contributed by atoms with van der Waals surface area (Å²) in [7, 11) is -5.69. The van der Waals surface area contributed by atoms with Crippen LogP contribution in [0.2, 0.25) is 5.15 Å². The lowest BCUT2D eigenvalue weighted by atomic mass is 10.2. The number of amidine groups is 1. The Kier molecular flexibility index (Phi) is 4.80. The number of rotatable bonds is 3. The van der Waals surface area contributed by atoms with E-state index in [1.807, 2.05) is 0 Å². The number of nitrogens with one attached hydrogen (secondary N) is 1. The summed E-state index contributed by atoms with van der Waals surface area (Å²) in [5, 5.41) is 0.249. The molecular weight excluding hydrogens is 361 g/mol. The lowest BCUT2D eigenvalue weighted by Crippen LogP contribution is -2.51. The molecule has 0 unspecified atom stereocenters. The number of sulfonamides is 1. The number of pyridine rings is 1. The number of hydrogen-bond acceptors (Lipinski definition) is 5. The lowest BCUT2D eigenvalue weighted by Gasteiger charge is -2.26. The maximum atomic E-state index is 12.3. The van der Waals surface area contributed by atoms with E-state index in [0.29, 0.717) is 5.56 Å². The minimum absolute atomic E-state index is 0.0253. The molecule has 0 fully saturated rings. The summed E-state index contributed by atoms with van der Waals surface area (Å²) in [6.07, 6.45) is 1.40. The van der Waals surface area contributed by atoms with E-state index in [0.717, 1.165) is 4.90 Å². The molecule has 0 saturated carbocycles. The predicted octanol–water partition coefficient (Wildman–Crippen LogP) is 0.915. The van der Waals surface area contributed by atoms with Crippen LogP contribution in [-0.4, -0.2) is 48.6 Å². The molecule has 1 aliphatic rings. The minimum atomic E-state index is -5.69. The largest absolute Gasteiger partial charge is 0.516 e. The predicted molar refractivity (Wildman–Crippen MR) is 75.1 cm³/mol. The third-order valence-corrected chi connectivity index (χ3v) is 4.12. The minimum Gasteiger partial charge on any atom is -0.330 e. The van der Waals surface area contributed by atoms with Crippen LogP contribution < -0.4 is 4.72 Å². The van der Waals surface area contributed by atoms with Gasteiger partial charge in [0.2, 0.25) is 5.84 Å². The smallest absolute Gasteiger partial charge is 0.330 e. The van der Waals surface area contributed by atoms with E-state index in [9.17, 15) is 26.4 Å². The number of aromatic nitrogens is 1. The van der Waals surface area contributed by atoms with Gasteiger partial charge in [-0.2, -0.15) is 21.6 Å². The van der Waals surface area contributed by atoms with Crippen molar-refractivity contribution in [3.8, 4) is 0 Å². The number of amides is 1. The first kappa shape index (κ1) is 17.5. The third-order valence-electron chi connectivity index (χ3n) is 2.83. The molecule has 2 rings (SSSR count). The van der Waals surface area contributed by atoms with Gasteiger partial charge in [0.1, 0.15) is 5.15 Å². The summed E-state index contributed by atoms with van der Waals surface area (Å²) in [5.74, 6) is -1.81. The van der Waals surface area contributed by atoms with E-state index < -0.39 is 27.3 Å². The highest BCUT2D eigenvalue weighted by atomic mass is 35.5. The van der Waals surface area contributed by atoms with Crippen molar-refractivity contribution in [3.05, 3.63) is 29.0 Å². The molecule has 23 heavy (non-hydrogen) atoms. The Bertz CT molecular complexity index is 734. The van der Waals surface area contributed by atoms with E-state index in [4.69, 9.17) is 11.6 Å². The van der Waals surface area contributed by atoms with Crippen molar-refractivity contribution in [3.63, 3.8) is 0 Å². The zero-order valence-corrected chi connectivity index (χ0v) is 12.9. The highest BCUT2D eigenvalue weighted by Gasteiger charge is 2.47. The molecule has 1 N–H and O–H groups in total. The molecule has 0 aliphatic carbocycles. The Labute approximate surface area is 134 Å². The van der Waals surface area contributed by atoms with Crippen molar-refractivity contribution >= 4 is 33.4 Å². The van der Waals surface area contributed by atoms with Crippen molar-refractivity contribution in [1.29, 1.82) is 0 Å². The average Bonchev–Trinajstić information content (AvgIpc) is 2.44. The zero-order valence-electron chi connectivity index (χ0n) is 11.3. The SMILES string of the molecule is O=C1C(NS(=O)(=O)C(F)(F)F)=NCCN1Cc1ccc(Cl)nc1. The van der Waals surface area contributed by atoms with Crippen LogP contribution in [0.25, 0.3) is 0 Å². The highest BCUT2D eigenvalue weighted by Crippen LogP contribution is 2.22. The van der Waals surface area contributed by atoms with E-state index >= 15 is 0 Å². The van der Waals surface area contributed by atoms with Gasteiger partial charge in [-0.3, -0.25) is 14.5 Å². The Balaban J connectivity index is 2.12. The molecule has 2 heterocycles. The summed E-state index contributed by atoms with van der Waals surface area (Å²) in [5.41, 5.74) is -4.94. The summed E-state index contributed by atoms with van der Waals surface area (Å²) in [6, 6.07) is 3.08. The molecule has 1 aromatic rings. The molecular formula is C11H10ClF3N4O3S. The number of alkyl halides is 3. The van der Waals surface area contributed by atoms with Crippen LogP contribution in [0.5, 0.6) is 0 Å². The molecule has 0 aromatic carbocycles. The molecule has 1 aromatic heterocycles. The van der Waals surface area contributed by atoms with E-state index in [-0.39, 0.29) is 24.8 Å². The fraction of sp³-hybridized carbons (Fsp3) is 0.364. The maximum Gasteiger partial charge on any atom is 0.516 e. The van der Waals surface area contributed by atoms with Crippen LogP contribution >= 0.6 is 11.6 Å². The Morgan fingerprint density at radius 3 is 2.61 bits per heavy atom. The van der Waals surface area contributed by atoms with Crippen molar-refractivity contribution in [1.82, 2.24) is 14.6 Å². The van der Waals surface area contributed by atoms with Crippen molar-refractivity contribution in [2.45, 2.75) is 12.1 Å². The Morgan fingerprint density at radius 2 is 2.04 bits per heavy atom. The van der Waals surface area contributed by atoms with Gasteiger partial charge in [0.05, 0.1) is 6.54 Å². The number of carbonyl (C=O) groups is 1. The van der Waals surface area contributed by atoms with Crippen LogP contribution in [0, 0.1) is 0 Å². The number of halogens is 4. The van der Waals surface area contributed by atoms with Crippen LogP contribution in [-0.2, 0) is 21.4 Å². The molecule has 0 saturated heterocycles. The molecule has 12 heteroatoms. The number of aliphatic imine (C=N–C) groups is 1. The molecule has 0 atom stereocenters. The second kappa shape index (κ2) is 6.32. The summed E-state index contributed by atoms with van der Waals surface area (Å²) in [4.78, 5) is 20.5. The van der Waals surface area contributed by atoms with Gasteiger partial charge in [-0.1, -0.05) is 17.7 Å². The first-order valence-corrected chi connectivity index (χ1v) is 7.99. The Morgan fingerprint density at radius 1 is 1.35 bits per heavy atom. The molecule has 0 spiro atoms. The first-order chi connectivity index (χ1) is 10.6. The zero-order chi connectivity index (χ0) is 17.3. The van der Waals surface area contributed by atoms with E-state index in [1.54, 1.807) is 6.07 Å². The van der Waals surface area contributed by atoms with E-state index in [1.165, 1.54) is 17.0 Å². The van der Waals surface area contributed by atoms with Gasteiger partial charge in [0.15, 0.2) is 0 Å². The second-order valence-corrected chi connectivity index (χ2v) is 6.56. The number of hydrogen-bond donors (Lipinski definition) is 1. The van der Waals surface area contributed by atoms with Crippen LogP contribution in [0.3, 0.4) is 0 Å². The Hall–Kier alpha value is -1.88. The summed E-state index contributed by atoms with van der Waals surface area (Å²) < 4.78 is 60.3. The first-order valence-electron chi connectivity index (χ1n) is 6.13. The van der Waals surface area contributed by atoms with Crippen molar-refractivity contribution in [2.24, 2.45) is 4.99 Å². The summed E-state index contributed by atoms with van der Waals surface area (Å²) in [6.45, 7) is 0.150. The van der Waals surface area contributed by atoms with Gasteiger partial charge in [0.25, 0.3) is 5.91 Å². The van der Waals surface area contributed by atoms with Gasteiger partial charge < -0.3 is 4.90 Å². The van der Waals surface area contributed by atoms with Gasteiger partial charge in [-0.05, 0) is 11.6 Å². The molecule has 1 amide bonds. The molecule has 1 aliphatic heterocycles. The second-order valence-electron chi connectivity index (χ2n) is 4.50. The topological polar surface area (TPSA) is 91.7 Å². The van der Waals surface area contributed by atoms with Crippen LogP contribution in [0.1, 0.15) is 5.56 Å². The third kappa shape index (κ3) is 4.10. The molecule has 0 radical (unpaired) electrons. The lowest BCUT2D eigenvalue weighted by molar-refractivity contribution is -0.125. The monoisotopic (exact) mass is 370 g/mol. The highest BCUT2D eigenvalue weighted by molar-refractivity contribution is 7.91. The standard InChI is InChI=1S/C11H10ClF3N4O3S/c12-8-2-1-7(5-17-8)6-19-4-3-16-9(10(19)20)18-23(21,22)11(13,14)15/h1-2,5H,3-4,6H2,(H,16,18). The van der Waals surface area contributed by atoms with Crippen molar-refractivity contribution in [2.75, 3.05) is 13.1 Å². The molecule has 126 valence electrons. The molecule has 0 bridgehead atoms.